The van der Waals surface area contributed by atoms with Crippen molar-refractivity contribution in [3.05, 3.63) is 45.8 Å². The van der Waals surface area contributed by atoms with Crippen LogP contribution in [0.2, 0.25) is 0 Å². The molecule has 0 aliphatic carbocycles. The lowest BCUT2D eigenvalue weighted by Crippen LogP contribution is -2.10. The highest BCUT2D eigenvalue weighted by atomic mass is 19.1. The molecule has 0 fully saturated rings. The number of nitro groups is 1. The summed E-state index contributed by atoms with van der Waals surface area (Å²) in [5, 5.41) is 10.2. The largest absolute Gasteiger partial charge is 0.265 e. The summed E-state index contributed by atoms with van der Waals surface area (Å²) < 4.78 is 13.1. The summed E-state index contributed by atoms with van der Waals surface area (Å²) >= 11 is 0. The van der Waals surface area contributed by atoms with E-state index in [4.69, 9.17) is 0 Å². The Hall–Kier alpha value is -1.45. The Balaban J connectivity index is 2.82. The first kappa shape index (κ1) is 9.64. The number of halogens is 1. The lowest BCUT2D eigenvalue weighted by molar-refractivity contribution is -0.482. The van der Waals surface area contributed by atoms with E-state index in [1.54, 1.807) is 25.1 Å². The molecule has 0 spiro atoms. The number of nitrogens with zero attached hydrogens (tertiary/aromatic N) is 1. The number of hydrogen-bond acceptors (Lipinski definition) is 2. The molecule has 4 heteroatoms. The predicted molar refractivity (Wildman–Crippen MR) is 46.7 cm³/mol. The SMILES string of the molecule is C[C@H](C[N+](=O)[O-])c1ccccc1F. The van der Waals surface area contributed by atoms with Crippen molar-refractivity contribution < 1.29 is 9.31 Å². The van der Waals surface area contributed by atoms with Gasteiger partial charge in [0.05, 0.1) is 0 Å². The second kappa shape index (κ2) is 3.98. The van der Waals surface area contributed by atoms with Gasteiger partial charge in [0, 0.05) is 10.8 Å². The number of rotatable bonds is 3. The van der Waals surface area contributed by atoms with Crippen LogP contribution in [0.4, 0.5) is 4.39 Å². The van der Waals surface area contributed by atoms with Crippen LogP contribution in [0.5, 0.6) is 0 Å². The Morgan fingerprint density at radius 3 is 2.69 bits per heavy atom. The van der Waals surface area contributed by atoms with Crippen molar-refractivity contribution in [2.24, 2.45) is 0 Å². The van der Waals surface area contributed by atoms with Crippen molar-refractivity contribution in [1.82, 2.24) is 0 Å². The van der Waals surface area contributed by atoms with Crippen LogP contribution in [0.3, 0.4) is 0 Å². The van der Waals surface area contributed by atoms with Crippen LogP contribution in [0, 0.1) is 15.9 Å². The molecule has 0 aliphatic rings. The Labute approximate surface area is 75.3 Å². The zero-order chi connectivity index (χ0) is 9.84. The third kappa shape index (κ3) is 2.50. The first-order valence-electron chi connectivity index (χ1n) is 3.97. The molecule has 0 radical (unpaired) electrons. The van der Waals surface area contributed by atoms with E-state index in [0.717, 1.165) is 0 Å². The topological polar surface area (TPSA) is 43.1 Å². The monoisotopic (exact) mass is 183 g/mol. The summed E-state index contributed by atoms with van der Waals surface area (Å²) in [5.41, 5.74) is 0.402. The van der Waals surface area contributed by atoms with Crippen LogP contribution in [0.25, 0.3) is 0 Å². The fourth-order valence-corrected chi connectivity index (χ4v) is 1.20. The predicted octanol–water partition coefficient (Wildman–Crippen LogP) is 2.21. The zero-order valence-corrected chi connectivity index (χ0v) is 7.24. The minimum Gasteiger partial charge on any atom is -0.265 e. The second-order valence-electron chi connectivity index (χ2n) is 2.94. The van der Waals surface area contributed by atoms with Crippen LogP contribution in [0.1, 0.15) is 18.4 Å². The molecule has 0 bridgehead atoms. The molecular formula is C9H10FNO2. The third-order valence-electron chi connectivity index (χ3n) is 1.86. The van der Waals surface area contributed by atoms with Gasteiger partial charge in [0.1, 0.15) is 5.82 Å². The molecule has 3 nitrogen and oxygen atoms in total. The molecule has 1 atom stereocenters. The van der Waals surface area contributed by atoms with Gasteiger partial charge in [-0.05, 0) is 11.6 Å². The molecule has 0 saturated carbocycles. The quantitative estimate of drug-likeness (QED) is 0.532. The maximum atomic E-state index is 13.1. The van der Waals surface area contributed by atoms with Crippen molar-refractivity contribution in [3.63, 3.8) is 0 Å². The molecule has 0 unspecified atom stereocenters. The molecule has 0 N–H and O–H groups in total. The van der Waals surface area contributed by atoms with Gasteiger partial charge in [0.2, 0.25) is 6.54 Å². The van der Waals surface area contributed by atoms with Gasteiger partial charge in [-0.15, -0.1) is 0 Å². The average molecular weight is 183 g/mol. The second-order valence-corrected chi connectivity index (χ2v) is 2.94. The Kier molecular flexibility index (Phi) is 2.95. The lowest BCUT2D eigenvalue weighted by atomic mass is 10.0. The molecule has 1 rings (SSSR count). The smallest absolute Gasteiger partial charge is 0.210 e. The molecule has 0 amide bonds. The maximum Gasteiger partial charge on any atom is 0.210 e. The van der Waals surface area contributed by atoms with E-state index >= 15 is 0 Å². The van der Waals surface area contributed by atoms with Gasteiger partial charge in [0.25, 0.3) is 0 Å². The summed E-state index contributed by atoms with van der Waals surface area (Å²) in [6.45, 7) is 1.40. The van der Waals surface area contributed by atoms with E-state index in [0.29, 0.717) is 5.56 Å². The fourth-order valence-electron chi connectivity index (χ4n) is 1.20. The fraction of sp³-hybridized carbons (Fsp3) is 0.333. The molecule has 0 saturated heterocycles. The molecule has 0 aliphatic heterocycles. The Bertz CT molecular complexity index is 314. The molecule has 0 heterocycles. The first-order chi connectivity index (χ1) is 6.11. The van der Waals surface area contributed by atoms with E-state index < -0.39 is 4.92 Å². The van der Waals surface area contributed by atoms with Crippen molar-refractivity contribution in [3.8, 4) is 0 Å². The van der Waals surface area contributed by atoms with Gasteiger partial charge >= 0.3 is 0 Å². The summed E-state index contributed by atoms with van der Waals surface area (Å²) in [4.78, 5) is 9.74. The third-order valence-corrected chi connectivity index (χ3v) is 1.86. The number of hydrogen-bond donors (Lipinski definition) is 0. The summed E-state index contributed by atoms with van der Waals surface area (Å²) in [6, 6.07) is 6.13. The standard InChI is InChI=1S/C9H10FNO2/c1-7(6-11(12)13)8-4-2-3-5-9(8)10/h2-5,7H,6H2,1H3/t7-/m1/s1. The highest BCUT2D eigenvalue weighted by Gasteiger charge is 2.14. The normalized spacial score (nSPS) is 12.5. The van der Waals surface area contributed by atoms with Gasteiger partial charge in [-0.1, -0.05) is 25.1 Å². The molecule has 1 aromatic rings. The highest BCUT2D eigenvalue weighted by molar-refractivity contribution is 5.20. The van der Waals surface area contributed by atoms with Gasteiger partial charge in [-0.3, -0.25) is 10.1 Å². The van der Waals surface area contributed by atoms with E-state index in [2.05, 4.69) is 0 Å². The minimum atomic E-state index is -0.433. The van der Waals surface area contributed by atoms with Crippen LogP contribution in [-0.2, 0) is 0 Å². The molecular weight excluding hydrogens is 173 g/mol. The molecule has 70 valence electrons. The van der Waals surface area contributed by atoms with Gasteiger partial charge < -0.3 is 0 Å². The summed E-state index contributed by atoms with van der Waals surface area (Å²) in [6.07, 6.45) is 0. The van der Waals surface area contributed by atoms with Crippen LogP contribution in [0.15, 0.2) is 24.3 Å². The van der Waals surface area contributed by atoms with Gasteiger partial charge in [-0.2, -0.15) is 0 Å². The average Bonchev–Trinajstić information content (AvgIpc) is 2.03. The van der Waals surface area contributed by atoms with Gasteiger partial charge in [0.15, 0.2) is 0 Å². The Morgan fingerprint density at radius 2 is 2.15 bits per heavy atom. The zero-order valence-electron chi connectivity index (χ0n) is 7.24. The lowest BCUT2D eigenvalue weighted by Gasteiger charge is -2.07. The summed E-state index contributed by atoms with van der Waals surface area (Å²) in [7, 11) is 0. The van der Waals surface area contributed by atoms with E-state index in [1.165, 1.54) is 6.07 Å². The van der Waals surface area contributed by atoms with Crippen LogP contribution < -0.4 is 0 Å². The Morgan fingerprint density at radius 1 is 1.54 bits per heavy atom. The molecule has 0 aromatic heterocycles. The van der Waals surface area contributed by atoms with Gasteiger partial charge in [-0.25, -0.2) is 4.39 Å². The van der Waals surface area contributed by atoms with Crippen molar-refractivity contribution >= 4 is 0 Å². The first-order valence-corrected chi connectivity index (χ1v) is 3.97. The number of benzene rings is 1. The molecule has 1 aromatic carbocycles. The highest BCUT2D eigenvalue weighted by Crippen LogP contribution is 2.18. The summed E-state index contributed by atoms with van der Waals surface area (Å²) in [5.74, 6) is -0.756. The van der Waals surface area contributed by atoms with Crippen molar-refractivity contribution in [2.45, 2.75) is 12.8 Å². The minimum absolute atomic E-state index is 0.235. The van der Waals surface area contributed by atoms with E-state index in [-0.39, 0.29) is 18.3 Å². The molecule has 13 heavy (non-hydrogen) atoms. The maximum absolute atomic E-state index is 13.1. The van der Waals surface area contributed by atoms with Crippen LogP contribution in [-0.4, -0.2) is 11.5 Å². The van der Waals surface area contributed by atoms with Crippen molar-refractivity contribution in [2.75, 3.05) is 6.54 Å². The van der Waals surface area contributed by atoms with Crippen LogP contribution >= 0.6 is 0 Å². The van der Waals surface area contributed by atoms with E-state index in [9.17, 15) is 14.5 Å². The van der Waals surface area contributed by atoms with E-state index in [1.807, 2.05) is 0 Å². The van der Waals surface area contributed by atoms with Crippen molar-refractivity contribution in [1.29, 1.82) is 0 Å².